The highest BCUT2D eigenvalue weighted by molar-refractivity contribution is 6.08. The first-order chi connectivity index (χ1) is 13.7. The number of ketones is 1. The predicted molar refractivity (Wildman–Crippen MR) is 106 cm³/mol. The molecule has 0 aliphatic carbocycles. The summed E-state index contributed by atoms with van der Waals surface area (Å²) >= 11 is 0. The third-order valence-corrected chi connectivity index (χ3v) is 4.83. The monoisotopic (exact) mass is 370 g/mol. The van der Waals surface area contributed by atoms with Gasteiger partial charge in [-0.05, 0) is 53.6 Å². The first kappa shape index (κ1) is 16.4. The maximum Gasteiger partial charge on any atom is 0.168 e. The number of carbonyl (C=O) groups excluding carboxylic acids is 1. The van der Waals surface area contributed by atoms with Crippen molar-refractivity contribution in [3.8, 4) is 11.3 Å². The van der Waals surface area contributed by atoms with Gasteiger partial charge in [0.2, 0.25) is 0 Å². The van der Waals surface area contributed by atoms with Crippen LogP contribution < -0.4 is 0 Å². The summed E-state index contributed by atoms with van der Waals surface area (Å²) in [6.07, 6.45) is 3.64. The summed E-state index contributed by atoms with van der Waals surface area (Å²) in [5.74, 6) is -0.256. The fourth-order valence-corrected chi connectivity index (χ4v) is 3.43. The summed E-state index contributed by atoms with van der Waals surface area (Å²) in [6, 6.07) is 15.8. The summed E-state index contributed by atoms with van der Waals surface area (Å²) in [7, 11) is 0. The number of aromatic amines is 2. The second-order valence-corrected chi connectivity index (χ2v) is 6.71. The van der Waals surface area contributed by atoms with Crippen molar-refractivity contribution < 1.29 is 9.18 Å². The number of nitrogens with one attached hydrogen (secondary N) is 2. The van der Waals surface area contributed by atoms with Crippen molar-refractivity contribution in [2.75, 3.05) is 0 Å². The van der Waals surface area contributed by atoms with E-state index in [0.717, 1.165) is 38.8 Å². The normalized spacial score (nSPS) is 11.3. The number of hydrogen-bond acceptors (Lipinski definition) is 3. The van der Waals surface area contributed by atoms with Gasteiger partial charge in [0.15, 0.2) is 5.78 Å². The molecule has 0 unspecified atom stereocenters. The fourth-order valence-electron chi connectivity index (χ4n) is 3.43. The van der Waals surface area contributed by atoms with E-state index in [2.05, 4.69) is 20.2 Å². The molecule has 2 aromatic carbocycles. The number of nitrogens with zero attached hydrogens (tertiary/aromatic N) is 2. The Kier molecular flexibility index (Phi) is 3.76. The number of benzene rings is 2. The lowest BCUT2D eigenvalue weighted by Gasteiger charge is -2.03. The van der Waals surface area contributed by atoms with Gasteiger partial charge in [-0.3, -0.25) is 9.89 Å². The zero-order valence-electron chi connectivity index (χ0n) is 14.7. The smallest absolute Gasteiger partial charge is 0.168 e. The third-order valence-electron chi connectivity index (χ3n) is 4.83. The van der Waals surface area contributed by atoms with E-state index in [9.17, 15) is 9.18 Å². The minimum Gasteiger partial charge on any atom is -0.339 e. The molecule has 136 valence electrons. The predicted octanol–water partition coefficient (Wildman–Crippen LogP) is 4.67. The average Bonchev–Trinajstić information content (AvgIpc) is 3.34. The molecule has 5 aromatic rings. The number of H-pyrrole nitrogens is 2. The van der Waals surface area contributed by atoms with E-state index in [1.807, 2.05) is 30.3 Å². The van der Waals surface area contributed by atoms with Crippen LogP contribution in [0.3, 0.4) is 0 Å². The van der Waals surface area contributed by atoms with Crippen LogP contribution in [-0.2, 0) is 6.42 Å². The van der Waals surface area contributed by atoms with E-state index in [1.54, 1.807) is 24.5 Å². The van der Waals surface area contributed by atoms with Crippen LogP contribution in [0, 0.1) is 5.82 Å². The fraction of sp³-hybridized carbons (Fsp3) is 0.0455. The number of rotatable bonds is 4. The Bertz CT molecular complexity index is 1320. The van der Waals surface area contributed by atoms with E-state index in [0.29, 0.717) is 5.56 Å². The SMILES string of the molecule is O=C(Cc1cnc2[nH]c(-c3ccc(F)cc3)cc2c1)c1cccc2[nH]ncc12. The number of hydrogen-bond donors (Lipinski definition) is 2. The maximum atomic E-state index is 13.1. The molecule has 3 heterocycles. The van der Waals surface area contributed by atoms with Crippen LogP contribution in [0.4, 0.5) is 4.39 Å². The Labute approximate surface area is 159 Å². The van der Waals surface area contributed by atoms with Gasteiger partial charge in [0, 0.05) is 34.6 Å². The van der Waals surface area contributed by atoms with Gasteiger partial charge >= 0.3 is 0 Å². The van der Waals surface area contributed by atoms with E-state index in [-0.39, 0.29) is 18.0 Å². The quantitative estimate of drug-likeness (QED) is 0.452. The number of pyridine rings is 1. The molecule has 0 atom stereocenters. The second kappa shape index (κ2) is 6.42. The molecular formula is C22H15FN4O. The van der Waals surface area contributed by atoms with E-state index < -0.39 is 0 Å². The second-order valence-electron chi connectivity index (χ2n) is 6.71. The largest absolute Gasteiger partial charge is 0.339 e. The van der Waals surface area contributed by atoms with Crippen LogP contribution in [0.25, 0.3) is 33.2 Å². The van der Waals surface area contributed by atoms with Crippen LogP contribution in [0.15, 0.2) is 67.0 Å². The molecule has 0 radical (unpaired) electrons. The zero-order valence-corrected chi connectivity index (χ0v) is 14.7. The number of halogens is 1. The maximum absolute atomic E-state index is 13.1. The molecule has 0 fully saturated rings. The van der Waals surface area contributed by atoms with Crippen LogP contribution in [0.2, 0.25) is 0 Å². The number of fused-ring (bicyclic) bond motifs is 2. The van der Waals surface area contributed by atoms with Gasteiger partial charge in [-0.1, -0.05) is 12.1 Å². The lowest BCUT2D eigenvalue weighted by Crippen LogP contribution is -2.04. The van der Waals surface area contributed by atoms with Crippen LogP contribution >= 0.6 is 0 Å². The van der Waals surface area contributed by atoms with Crippen LogP contribution in [-0.4, -0.2) is 25.9 Å². The number of Topliss-reactive ketones (excluding diaryl/α,β-unsaturated/α-hetero) is 1. The van der Waals surface area contributed by atoms with E-state index >= 15 is 0 Å². The molecule has 0 amide bonds. The molecule has 28 heavy (non-hydrogen) atoms. The highest BCUT2D eigenvalue weighted by atomic mass is 19.1. The van der Waals surface area contributed by atoms with Gasteiger partial charge < -0.3 is 4.98 Å². The van der Waals surface area contributed by atoms with Crippen molar-refractivity contribution in [2.24, 2.45) is 0 Å². The summed E-state index contributed by atoms with van der Waals surface area (Å²) in [6.45, 7) is 0. The van der Waals surface area contributed by atoms with Crippen LogP contribution in [0.5, 0.6) is 0 Å². The molecule has 0 spiro atoms. The number of aromatic nitrogens is 4. The standard InChI is InChI=1S/C22H15FN4O/c23-16-6-4-14(5-7-16)20-10-15-8-13(11-24-22(15)26-20)9-21(28)17-2-1-3-19-18(17)12-25-27-19/h1-8,10-12H,9H2,(H,24,26)(H,25,27). The molecular weight excluding hydrogens is 355 g/mol. The Morgan fingerprint density at radius 3 is 2.75 bits per heavy atom. The summed E-state index contributed by atoms with van der Waals surface area (Å²) in [5, 5.41) is 8.62. The van der Waals surface area contributed by atoms with Crippen molar-refractivity contribution in [2.45, 2.75) is 6.42 Å². The van der Waals surface area contributed by atoms with Crippen molar-refractivity contribution in [3.05, 3.63) is 83.9 Å². The van der Waals surface area contributed by atoms with Gasteiger partial charge in [0.1, 0.15) is 11.5 Å². The Balaban J connectivity index is 1.45. The van der Waals surface area contributed by atoms with Gasteiger partial charge in [0.25, 0.3) is 0 Å². The van der Waals surface area contributed by atoms with Crippen LogP contribution in [0.1, 0.15) is 15.9 Å². The van der Waals surface area contributed by atoms with Gasteiger partial charge in [-0.25, -0.2) is 9.37 Å². The highest BCUT2D eigenvalue weighted by Crippen LogP contribution is 2.25. The van der Waals surface area contributed by atoms with E-state index in [4.69, 9.17) is 0 Å². The zero-order chi connectivity index (χ0) is 19.1. The Morgan fingerprint density at radius 2 is 1.89 bits per heavy atom. The molecule has 6 heteroatoms. The van der Waals surface area contributed by atoms with Crippen molar-refractivity contribution in [3.63, 3.8) is 0 Å². The molecule has 0 aliphatic heterocycles. The molecule has 5 rings (SSSR count). The van der Waals surface area contributed by atoms with E-state index in [1.165, 1.54) is 12.1 Å². The highest BCUT2D eigenvalue weighted by Gasteiger charge is 2.13. The lowest BCUT2D eigenvalue weighted by atomic mass is 10.0. The van der Waals surface area contributed by atoms with Gasteiger partial charge in [0.05, 0.1) is 11.7 Å². The molecule has 0 saturated carbocycles. The van der Waals surface area contributed by atoms with Crippen molar-refractivity contribution in [1.82, 2.24) is 20.2 Å². The minimum atomic E-state index is -0.272. The summed E-state index contributed by atoms with van der Waals surface area (Å²) < 4.78 is 13.1. The van der Waals surface area contributed by atoms with Gasteiger partial charge in [-0.15, -0.1) is 0 Å². The van der Waals surface area contributed by atoms with Crippen molar-refractivity contribution >= 4 is 27.7 Å². The Morgan fingerprint density at radius 1 is 1.04 bits per heavy atom. The number of carbonyl (C=O) groups is 1. The summed E-state index contributed by atoms with van der Waals surface area (Å²) in [4.78, 5) is 20.5. The Hall–Kier alpha value is -3.80. The first-order valence-corrected chi connectivity index (χ1v) is 8.86. The lowest BCUT2D eigenvalue weighted by molar-refractivity contribution is 0.0994. The topological polar surface area (TPSA) is 74.4 Å². The molecule has 5 nitrogen and oxygen atoms in total. The molecule has 0 bridgehead atoms. The first-order valence-electron chi connectivity index (χ1n) is 8.86. The minimum absolute atomic E-state index is 0.0162. The van der Waals surface area contributed by atoms with Gasteiger partial charge in [-0.2, -0.15) is 5.10 Å². The van der Waals surface area contributed by atoms with Crippen molar-refractivity contribution in [1.29, 1.82) is 0 Å². The summed E-state index contributed by atoms with van der Waals surface area (Å²) in [5.41, 5.74) is 4.79. The molecule has 2 N–H and O–H groups in total. The molecule has 3 aromatic heterocycles. The third kappa shape index (κ3) is 2.85. The average molecular weight is 370 g/mol. The molecule has 0 saturated heterocycles. The molecule has 0 aliphatic rings.